The average molecular weight is 312 g/mol. The van der Waals surface area contributed by atoms with E-state index in [0.717, 1.165) is 31.5 Å². The normalized spacial score (nSPS) is 20.5. The van der Waals surface area contributed by atoms with Gasteiger partial charge in [0, 0.05) is 24.4 Å². The number of benzene rings is 1. The molecule has 23 heavy (non-hydrogen) atoms. The molecule has 6 heteroatoms. The average Bonchev–Trinajstić information content (AvgIpc) is 2.62. The van der Waals surface area contributed by atoms with Crippen LogP contribution in [0, 0.1) is 5.92 Å². The largest absolute Gasteiger partial charge is 0.380 e. The highest BCUT2D eigenvalue weighted by atomic mass is 16.7. The number of nitrogens with zero attached hydrogens (tertiary/aromatic N) is 2. The van der Waals surface area contributed by atoms with Crippen LogP contribution in [0.25, 0.3) is 0 Å². The van der Waals surface area contributed by atoms with Gasteiger partial charge in [-0.25, -0.2) is 4.98 Å². The number of aromatic nitrogens is 2. The molecule has 2 N–H and O–H groups in total. The Hall–Kier alpha value is -2.63. The van der Waals surface area contributed by atoms with Crippen molar-refractivity contribution in [1.82, 2.24) is 15.4 Å². The molecular formula is C17H20N4O2. The summed E-state index contributed by atoms with van der Waals surface area (Å²) in [6, 6.07) is 9.59. The van der Waals surface area contributed by atoms with E-state index in [1.165, 1.54) is 0 Å². The van der Waals surface area contributed by atoms with Gasteiger partial charge in [0.15, 0.2) is 5.75 Å². The van der Waals surface area contributed by atoms with E-state index in [4.69, 9.17) is 4.84 Å². The summed E-state index contributed by atoms with van der Waals surface area (Å²) in [6.07, 6.45) is 8.57. The van der Waals surface area contributed by atoms with Crippen molar-refractivity contribution >= 4 is 11.7 Å². The second-order valence-electron chi connectivity index (χ2n) is 5.66. The third-order valence-corrected chi connectivity index (χ3v) is 4.03. The maximum atomic E-state index is 12.2. The Morgan fingerprint density at radius 3 is 2.57 bits per heavy atom. The first-order valence-corrected chi connectivity index (χ1v) is 7.85. The van der Waals surface area contributed by atoms with Crippen molar-refractivity contribution in [2.45, 2.75) is 31.7 Å². The van der Waals surface area contributed by atoms with Crippen LogP contribution < -0.4 is 15.6 Å². The second kappa shape index (κ2) is 7.58. The van der Waals surface area contributed by atoms with E-state index in [-0.39, 0.29) is 11.8 Å². The van der Waals surface area contributed by atoms with E-state index in [0.29, 0.717) is 11.8 Å². The first-order chi connectivity index (χ1) is 11.3. The first kappa shape index (κ1) is 15.3. The van der Waals surface area contributed by atoms with Gasteiger partial charge in [-0.3, -0.25) is 9.78 Å². The molecule has 3 rings (SSSR count). The standard InChI is InChI=1S/C17H20N4O2/c22-17(21-23-15-4-2-1-3-5-15)13-6-8-14(9-7-13)20-16-12-18-10-11-19-16/h1-5,10-14H,6-9H2,(H,19,20)(H,21,22). The zero-order valence-corrected chi connectivity index (χ0v) is 12.8. The molecule has 0 atom stereocenters. The molecule has 1 amide bonds. The number of para-hydroxylation sites is 1. The van der Waals surface area contributed by atoms with Crippen LogP contribution in [0.5, 0.6) is 5.75 Å². The number of rotatable bonds is 5. The summed E-state index contributed by atoms with van der Waals surface area (Å²) in [4.78, 5) is 25.7. The fraction of sp³-hybridized carbons (Fsp3) is 0.353. The minimum atomic E-state index is -0.0493. The minimum absolute atomic E-state index is 0.00128. The van der Waals surface area contributed by atoms with Gasteiger partial charge in [0.2, 0.25) is 0 Å². The van der Waals surface area contributed by atoms with Crippen molar-refractivity contribution in [3.05, 3.63) is 48.9 Å². The topological polar surface area (TPSA) is 76.1 Å². The second-order valence-corrected chi connectivity index (χ2v) is 5.66. The van der Waals surface area contributed by atoms with Crippen molar-refractivity contribution in [2.75, 3.05) is 5.32 Å². The van der Waals surface area contributed by atoms with Gasteiger partial charge >= 0.3 is 0 Å². The van der Waals surface area contributed by atoms with Crippen LogP contribution in [0.1, 0.15) is 25.7 Å². The lowest BCUT2D eigenvalue weighted by molar-refractivity contribution is -0.132. The van der Waals surface area contributed by atoms with Crippen LogP contribution in [0.4, 0.5) is 5.82 Å². The van der Waals surface area contributed by atoms with Gasteiger partial charge in [0.05, 0.1) is 6.20 Å². The van der Waals surface area contributed by atoms with Gasteiger partial charge in [-0.2, -0.15) is 5.48 Å². The Kier molecular flexibility index (Phi) is 5.03. The summed E-state index contributed by atoms with van der Waals surface area (Å²) in [6.45, 7) is 0. The van der Waals surface area contributed by atoms with Gasteiger partial charge < -0.3 is 10.2 Å². The third kappa shape index (κ3) is 4.42. The summed E-state index contributed by atoms with van der Waals surface area (Å²) in [5.41, 5.74) is 2.55. The predicted octanol–water partition coefficient (Wildman–Crippen LogP) is 2.56. The summed E-state index contributed by atoms with van der Waals surface area (Å²) >= 11 is 0. The van der Waals surface area contributed by atoms with E-state index in [1.54, 1.807) is 18.6 Å². The van der Waals surface area contributed by atoms with Gasteiger partial charge in [-0.1, -0.05) is 18.2 Å². The number of hydrogen-bond acceptors (Lipinski definition) is 5. The molecule has 120 valence electrons. The van der Waals surface area contributed by atoms with E-state index < -0.39 is 0 Å². The van der Waals surface area contributed by atoms with Crippen molar-refractivity contribution in [3.63, 3.8) is 0 Å². The molecule has 1 heterocycles. The number of carbonyl (C=O) groups is 1. The van der Waals surface area contributed by atoms with Crippen LogP contribution in [-0.2, 0) is 4.79 Å². The lowest BCUT2D eigenvalue weighted by Gasteiger charge is -2.28. The molecule has 1 fully saturated rings. The molecule has 2 aromatic rings. The Bertz CT molecular complexity index is 613. The minimum Gasteiger partial charge on any atom is -0.380 e. The highest BCUT2D eigenvalue weighted by Gasteiger charge is 2.26. The highest BCUT2D eigenvalue weighted by molar-refractivity contribution is 5.77. The van der Waals surface area contributed by atoms with Gasteiger partial charge in [-0.15, -0.1) is 0 Å². The van der Waals surface area contributed by atoms with Gasteiger partial charge in [0.25, 0.3) is 5.91 Å². The molecule has 1 saturated carbocycles. The summed E-state index contributed by atoms with van der Waals surface area (Å²) in [7, 11) is 0. The van der Waals surface area contributed by atoms with Crippen molar-refractivity contribution in [2.24, 2.45) is 5.92 Å². The van der Waals surface area contributed by atoms with E-state index >= 15 is 0 Å². The first-order valence-electron chi connectivity index (χ1n) is 7.85. The highest BCUT2D eigenvalue weighted by Crippen LogP contribution is 2.26. The molecular weight excluding hydrogens is 292 g/mol. The summed E-state index contributed by atoms with van der Waals surface area (Å²) in [5.74, 6) is 1.37. The molecule has 0 saturated heterocycles. The molecule has 1 aliphatic carbocycles. The van der Waals surface area contributed by atoms with E-state index in [9.17, 15) is 4.79 Å². The maximum Gasteiger partial charge on any atom is 0.255 e. The van der Waals surface area contributed by atoms with Crippen molar-refractivity contribution in [3.8, 4) is 5.75 Å². The molecule has 1 aromatic heterocycles. The van der Waals surface area contributed by atoms with E-state index in [1.807, 2.05) is 30.3 Å². The number of hydrogen-bond donors (Lipinski definition) is 2. The number of nitrogens with one attached hydrogen (secondary N) is 2. The monoisotopic (exact) mass is 312 g/mol. The quantitative estimate of drug-likeness (QED) is 0.830. The fourth-order valence-corrected chi connectivity index (χ4v) is 2.76. The SMILES string of the molecule is O=C(NOc1ccccc1)C1CCC(Nc2cnccn2)CC1. The Balaban J connectivity index is 1.42. The molecule has 0 radical (unpaired) electrons. The fourth-order valence-electron chi connectivity index (χ4n) is 2.76. The molecule has 0 bridgehead atoms. The number of anilines is 1. The smallest absolute Gasteiger partial charge is 0.255 e. The number of carbonyl (C=O) groups excluding carboxylic acids is 1. The number of amides is 1. The lowest BCUT2D eigenvalue weighted by atomic mass is 9.85. The van der Waals surface area contributed by atoms with Crippen molar-refractivity contribution < 1.29 is 9.63 Å². The zero-order chi connectivity index (χ0) is 15.9. The van der Waals surface area contributed by atoms with Gasteiger partial charge in [0.1, 0.15) is 5.82 Å². The Morgan fingerprint density at radius 1 is 1.09 bits per heavy atom. The van der Waals surface area contributed by atoms with Crippen LogP contribution in [0.3, 0.4) is 0 Å². The summed E-state index contributed by atoms with van der Waals surface area (Å²) in [5, 5.41) is 3.36. The van der Waals surface area contributed by atoms with Crippen LogP contribution >= 0.6 is 0 Å². The molecule has 1 aromatic carbocycles. The number of hydroxylamine groups is 1. The van der Waals surface area contributed by atoms with Crippen LogP contribution in [-0.4, -0.2) is 21.9 Å². The molecule has 0 spiro atoms. The maximum absolute atomic E-state index is 12.2. The Labute approximate surface area is 135 Å². The zero-order valence-electron chi connectivity index (χ0n) is 12.8. The van der Waals surface area contributed by atoms with E-state index in [2.05, 4.69) is 20.8 Å². The summed E-state index contributed by atoms with van der Waals surface area (Å²) < 4.78 is 0. The predicted molar refractivity (Wildman–Crippen MR) is 86.6 cm³/mol. The van der Waals surface area contributed by atoms with Crippen LogP contribution in [0.15, 0.2) is 48.9 Å². The Morgan fingerprint density at radius 2 is 1.87 bits per heavy atom. The molecule has 1 aliphatic rings. The molecule has 6 nitrogen and oxygen atoms in total. The molecule has 0 aliphatic heterocycles. The van der Waals surface area contributed by atoms with Crippen molar-refractivity contribution in [1.29, 1.82) is 0 Å². The van der Waals surface area contributed by atoms with Gasteiger partial charge in [-0.05, 0) is 37.8 Å². The van der Waals surface area contributed by atoms with Crippen LogP contribution in [0.2, 0.25) is 0 Å². The molecule has 0 unspecified atom stereocenters. The third-order valence-electron chi connectivity index (χ3n) is 4.03. The lowest BCUT2D eigenvalue weighted by Crippen LogP contribution is -2.37.